The monoisotopic (exact) mass is 573 g/mol. The van der Waals surface area contributed by atoms with E-state index >= 15 is 0 Å². The molecule has 226 valence electrons. The lowest BCUT2D eigenvalue weighted by Crippen LogP contribution is -2.44. The van der Waals surface area contributed by atoms with Gasteiger partial charge >= 0.3 is 5.97 Å². The van der Waals surface area contributed by atoms with Crippen LogP contribution in [0.2, 0.25) is 0 Å². The first-order chi connectivity index (χ1) is 20.3. The molecule has 3 aromatic rings. The molecule has 1 saturated heterocycles. The molecule has 1 aliphatic rings. The maximum atomic E-state index is 12.7. The van der Waals surface area contributed by atoms with Gasteiger partial charge in [0.25, 0.3) is 0 Å². The van der Waals surface area contributed by atoms with Crippen LogP contribution in [-0.2, 0) is 20.5 Å². The summed E-state index contributed by atoms with van der Waals surface area (Å²) >= 11 is 0. The minimum absolute atomic E-state index is 0.121. The summed E-state index contributed by atoms with van der Waals surface area (Å²) in [6.45, 7) is 6.44. The molecule has 4 rings (SSSR count). The molecule has 0 aromatic heterocycles. The van der Waals surface area contributed by atoms with Crippen LogP contribution < -0.4 is 0 Å². The molecule has 0 amide bonds. The number of likely N-dealkylation sites (tertiary alicyclic amines) is 1. The Labute approximate surface area is 251 Å². The van der Waals surface area contributed by atoms with Gasteiger partial charge in [0.05, 0.1) is 19.3 Å². The molecule has 3 N–H and O–H groups in total. The number of piperidine rings is 1. The largest absolute Gasteiger partial charge is 0.465 e. The SMILES string of the molecule is CCCCOC(=O)C(C)(CO)c1ccc(C(O)CCCN2CCC(C(O)(c3ccccc3)c3ccccc3)CC2)cc1. The lowest BCUT2D eigenvalue weighted by Gasteiger charge is -2.42. The van der Waals surface area contributed by atoms with E-state index in [0.29, 0.717) is 18.6 Å². The van der Waals surface area contributed by atoms with Crippen molar-refractivity contribution < 1.29 is 24.9 Å². The van der Waals surface area contributed by atoms with E-state index in [0.717, 1.165) is 68.4 Å². The van der Waals surface area contributed by atoms with E-state index < -0.39 is 23.1 Å². The first-order valence-electron chi connectivity index (χ1n) is 15.4. The van der Waals surface area contributed by atoms with E-state index in [-0.39, 0.29) is 12.5 Å². The zero-order valence-electron chi connectivity index (χ0n) is 25.1. The van der Waals surface area contributed by atoms with Gasteiger partial charge in [0.1, 0.15) is 11.0 Å². The van der Waals surface area contributed by atoms with E-state index in [1.165, 1.54) is 0 Å². The highest BCUT2D eigenvalue weighted by molar-refractivity contribution is 5.83. The Bertz CT molecular complexity index is 1190. The molecule has 6 heteroatoms. The number of aliphatic hydroxyl groups excluding tert-OH is 2. The van der Waals surface area contributed by atoms with Crippen LogP contribution in [-0.4, -0.2) is 59.0 Å². The van der Waals surface area contributed by atoms with Crippen molar-refractivity contribution in [2.24, 2.45) is 5.92 Å². The quantitative estimate of drug-likeness (QED) is 0.168. The van der Waals surface area contributed by atoms with Crippen LogP contribution in [0, 0.1) is 5.92 Å². The lowest BCUT2D eigenvalue weighted by atomic mass is 9.72. The number of aliphatic hydroxyl groups is 3. The number of hydrogen-bond donors (Lipinski definition) is 3. The van der Waals surface area contributed by atoms with Gasteiger partial charge < -0.3 is 25.0 Å². The maximum absolute atomic E-state index is 12.7. The fraction of sp³-hybridized carbons (Fsp3) is 0.472. The Morgan fingerprint density at radius 1 is 0.905 bits per heavy atom. The molecule has 2 unspecified atom stereocenters. The predicted molar refractivity (Wildman–Crippen MR) is 166 cm³/mol. The molecule has 6 nitrogen and oxygen atoms in total. The van der Waals surface area contributed by atoms with Gasteiger partial charge in [-0.25, -0.2) is 0 Å². The van der Waals surface area contributed by atoms with Crippen molar-refractivity contribution in [3.05, 3.63) is 107 Å². The first kappa shape index (κ1) is 31.9. The Hall–Kier alpha value is -3.03. The highest BCUT2D eigenvalue weighted by Gasteiger charge is 2.41. The second kappa shape index (κ2) is 14.9. The summed E-state index contributed by atoms with van der Waals surface area (Å²) in [5, 5.41) is 33.0. The van der Waals surface area contributed by atoms with E-state index in [9.17, 15) is 20.1 Å². The van der Waals surface area contributed by atoms with Gasteiger partial charge in [-0.15, -0.1) is 0 Å². The molecule has 0 radical (unpaired) electrons. The number of unbranched alkanes of at least 4 members (excludes halogenated alkanes) is 1. The van der Waals surface area contributed by atoms with E-state index in [2.05, 4.69) is 4.90 Å². The molecule has 1 aliphatic heterocycles. The summed E-state index contributed by atoms with van der Waals surface area (Å²) < 4.78 is 5.38. The van der Waals surface area contributed by atoms with Gasteiger partial charge in [0.2, 0.25) is 0 Å². The standard InChI is InChI=1S/C36H47NO5/c1-3-4-26-42-34(40)35(2,27-38)29-19-17-28(18-20-29)33(39)16-11-23-37-24-21-32(22-25-37)36(41,30-12-7-5-8-13-30)31-14-9-6-10-15-31/h5-10,12-15,17-20,32-33,38-39,41H,3-4,11,16,21-27H2,1-2H3. The topological polar surface area (TPSA) is 90.2 Å². The van der Waals surface area contributed by atoms with Crippen molar-refractivity contribution in [1.29, 1.82) is 0 Å². The average Bonchev–Trinajstić information content (AvgIpc) is 3.05. The zero-order chi connectivity index (χ0) is 30.0. The highest BCUT2D eigenvalue weighted by atomic mass is 16.5. The number of ether oxygens (including phenoxy) is 1. The molecule has 3 aromatic carbocycles. The Kier molecular flexibility index (Phi) is 11.3. The molecular formula is C36H47NO5. The maximum Gasteiger partial charge on any atom is 0.318 e. The minimum atomic E-state index is -1.13. The number of carbonyl (C=O) groups is 1. The van der Waals surface area contributed by atoms with Gasteiger partial charge in [-0.2, -0.15) is 0 Å². The van der Waals surface area contributed by atoms with Gasteiger partial charge in [-0.05, 0) is 86.8 Å². The summed E-state index contributed by atoms with van der Waals surface area (Å²) in [7, 11) is 0. The number of esters is 1. The zero-order valence-corrected chi connectivity index (χ0v) is 25.1. The van der Waals surface area contributed by atoms with Crippen molar-refractivity contribution in [1.82, 2.24) is 4.90 Å². The van der Waals surface area contributed by atoms with E-state index in [4.69, 9.17) is 4.74 Å². The van der Waals surface area contributed by atoms with Crippen LogP contribution in [0.5, 0.6) is 0 Å². The first-order valence-corrected chi connectivity index (χ1v) is 15.4. The number of benzene rings is 3. The normalized spacial score (nSPS) is 17.0. The van der Waals surface area contributed by atoms with Crippen molar-refractivity contribution in [3.63, 3.8) is 0 Å². The molecular weight excluding hydrogens is 526 g/mol. The fourth-order valence-corrected chi connectivity index (χ4v) is 6.09. The summed E-state index contributed by atoms with van der Waals surface area (Å²) in [6.07, 6.45) is 4.40. The fourth-order valence-electron chi connectivity index (χ4n) is 6.09. The van der Waals surface area contributed by atoms with Crippen molar-refractivity contribution >= 4 is 5.97 Å². The number of hydrogen-bond acceptors (Lipinski definition) is 6. The van der Waals surface area contributed by atoms with Gasteiger partial charge in [-0.1, -0.05) is 98.3 Å². The third-order valence-electron chi connectivity index (χ3n) is 8.99. The van der Waals surface area contributed by atoms with Crippen LogP contribution in [0.1, 0.15) is 80.7 Å². The Balaban J connectivity index is 1.29. The summed E-state index contributed by atoms with van der Waals surface area (Å²) in [6, 6.07) is 27.3. The molecule has 0 bridgehead atoms. The van der Waals surface area contributed by atoms with Gasteiger partial charge in [0.15, 0.2) is 0 Å². The number of rotatable bonds is 14. The molecule has 0 saturated carbocycles. The second-order valence-electron chi connectivity index (χ2n) is 11.9. The van der Waals surface area contributed by atoms with E-state index in [1.807, 2.05) is 79.7 Å². The third kappa shape index (κ3) is 7.30. The molecule has 42 heavy (non-hydrogen) atoms. The average molecular weight is 574 g/mol. The molecule has 0 aliphatic carbocycles. The Morgan fingerprint density at radius 2 is 1.48 bits per heavy atom. The molecule has 1 fully saturated rings. The highest BCUT2D eigenvalue weighted by Crippen LogP contribution is 2.42. The van der Waals surface area contributed by atoms with Crippen molar-refractivity contribution in [2.75, 3.05) is 32.8 Å². The molecule has 0 spiro atoms. The summed E-state index contributed by atoms with van der Waals surface area (Å²) in [5.41, 5.74) is 1.21. The van der Waals surface area contributed by atoms with Crippen molar-refractivity contribution in [2.45, 2.75) is 69.5 Å². The molecule has 1 heterocycles. The van der Waals surface area contributed by atoms with Crippen molar-refractivity contribution in [3.8, 4) is 0 Å². The predicted octanol–water partition coefficient (Wildman–Crippen LogP) is 5.74. The lowest BCUT2D eigenvalue weighted by molar-refractivity contribution is -0.151. The minimum Gasteiger partial charge on any atom is -0.465 e. The second-order valence-corrected chi connectivity index (χ2v) is 11.9. The Morgan fingerprint density at radius 3 is 2.00 bits per heavy atom. The van der Waals surface area contributed by atoms with Crippen LogP contribution in [0.4, 0.5) is 0 Å². The van der Waals surface area contributed by atoms with Crippen LogP contribution >= 0.6 is 0 Å². The van der Waals surface area contributed by atoms with Gasteiger partial charge in [-0.3, -0.25) is 4.79 Å². The number of nitrogens with zero attached hydrogens (tertiary/aromatic N) is 1. The molecule has 2 atom stereocenters. The smallest absolute Gasteiger partial charge is 0.318 e. The number of carbonyl (C=O) groups excluding carboxylic acids is 1. The third-order valence-corrected chi connectivity index (χ3v) is 8.99. The van der Waals surface area contributed by atoms with Crippen LogP contribution in [0.3, 0.4) is 0 Å². The summed E-state index contributed by atoms with van der Waals surface area (Å²) in [5.74, 6) is -0.308. The summed E-state index contributed by atoms with van der Waals surface area (Å²) in [4.78, 5) is 15.1. The van der Waals surface area contributed by atoms with Gasteiger partial charge in [0, 0.05) is 0 Å². The van der Waals surface area contributed by atoms with E-state index in [1.54, 1.807) is 19.1 Å². The van der Waals surface area contributed by atoms with Crippen LogP contribution in [0.25, 0.3) is 0 Å². The van der Waals surface area contributed by atoms with Crippen LogP contribution in [0.15, 0.2) is 84.9 Å².